The zero-order valence-corrected chi connectivity index (χ0v) is 12.3. The normalized spacial score (nSPS) is 12.1. The molecular weight excluding hydrogens is 310 g/mol. The second-order valence-corrected chi connectivity index (χ2v) is 5.86. The number of carbonyl (C=O) groups is 1. The number of furan rings is 1. The van der Waals surface area contributed by atoms with Gasteiger partial charge in [0, 0.05) is 11.1 Å². The van der Waals surface area contributed by atoms with Gasteiger partial charge in [0.15, 0.2) is 0 Å². The van der Waals surface area contributed by atoms with Gasteiger partial charge in [-0.1, -0.05) is 12.1 Å². The third kappa shape index (κ3) is 4.43. The van der Waals surface area contributed by atoms with Crippen LogP contribution in [0.15, 0.2) is 52.3 Å². The number of nitrogens with one attached hydrogen (secondary N) is 1. The number of hydroxylamine groups is 1. The van der Waals surface area contributed by atoms with Crippen LogP contribution in [-0.2, 0) is 14.4 Å². The Kier molecular flexibility index (Phi) is 4.59. The lowest BCUT2D eigenvalue weighted by Gasteiger charge is -2.03. The molecule has 0 radical (unpaired) electrons. The highest BCUT2D eigenvalue weighted by molar-refractivity contribution is 7.85. The van der Waals surface area contributed by atoms with E-state index in [1.54, 1.807) is 36.6 Å². The highest BCUT2D eigenvalue weighted by Gasteiger charge is 2.09. The quantitative estimate of drug-likeness (QED) is 0.486. The van der Waals surface area contributed by atoms with E-state index >= 15 is 0 Å². The Labute approximate surface area is 126 Å². The lowest BCUT2D eigenvalue weighted by Crippen LogP contribution is -2.34. The van der Waals surface area contributed by atoms with E-state index in [0.717, 1.165) is 17.4 Å². The first kappa shape index (κ1) is 15.7. The van der Waals surface area contributed by atoms with Crippen molar-refractivity contribution < 1.29 is 21.9 Å². The molecule has 0 bridgehead atoms. The maximum atomic E-state index is 12.0. The van der Waals surface area contributed by atoms with Crippen molar-refractivity contribution in [3.8, 4) is 11.1 Å². The summed E-state index contributed by atoms with van der Waals surface area (Å²) in [5, 5.41) is 0. The van der Waals surface area contributed by atoms with Crippen LogP contribution < -0.4 is 11.2 Å². The Morgan fingerprint density at radius 3 is 2.73 bits per heavy atom. The second kappa shape index (κ2) is 6.41. The minimum Gasteiger partial charge on any atom is -0.472 e. The molecule has 0 unspecified atom stereocenters. The van der Waals surface area contributed by atoms with Gasteiger partial charge in [0.25, 0.3) is 16.0 Å². The molecule has 9 heteroatoms. The minimum atomic E-state index is -3.75. The van der Waals surface area contributed by atoms with Crippen LogP contribution in [0, 0.1) is 0 Å². The van der Waals surface area contributed by atoms with E-state index in [1.807, 2.05) is 5.48 Å². The largest absolute Gasteiger partial charge is 0.472 e. The van der Waals surface area contributed by atoms with Crippen molar-refractivity contribution in [2.75, 3.05) is 6.26 Å². The van der Waals surface area contributed by atoms with Crippen molar-refractivity contribution in [2.45, 2.75) is 0 Å². The van der Waals surface area contributed by atoms with Gasteiger partial charge in [-0.05, 0) is 23.8 Å². The number of rotatable bonds is 4. The lowest BCUT2D eigenvalue weighted by atomic mass is 10.1. The van der Waals surface area contributed by atoms with Gasteiger partial charge in [0.2, 0.25) is 5.96 Å². The first-order valence-electron chi connectivity index (χ1n) is 6.01. The van der Waals surface area contributed by atoms with Crippen molar-refractivity contribution in [3.05, 3.63) is 48.4 Å². The molecule has 0 aliphatic heterocycles. The fraction of sp³-hybridized carbons (Fsp3) is 0.0769. The van der Waals surface area contributed by atoms with Crippen molar-refractivity contribution in [1.29, 1.82) is 0 Å². The van der Waals surface area contributed by atoms with Crippen LogP contribution in [0.1, 0.15) is 10.4 Å². The van der Waals surface area contributed by atoms with Crippen LogP contribution in [0.4, 0.5) is 0 Å². The van der Waals surface area contributed by atoms with E-state index in [9.17, 15) is 13.2 Å². The molecule has 0 saturated carbocycles. The molecule has 22 heavy (non-hydrogen) atoms. The number of nitrogens with zero attached hydrogens (tertiary/aromatic N) is 1. The van der Waals surface area contributed by atoms with Gasteiger partial charge in [0.1, 0.15) is 0 Å². The standard InChI is InChI=1S/C13H13N3O5S/c1-22(18,19)21-16-13(14)15-12(17)10-4-2-3-9(7-10)11-5-6-20-8-11/h2-8H,1H3,(H3,14,15,16,17). The SMILES string of the molecule is CS(=O)(=O)ONC(N)=NC(=O)c1cccc(-c2ccoc2)c1. The van der Waals surface area contributed by atoms with Gasteiger partial charge in [-0.15, -0.1) is 4.28 Å². The molecule has 0 spiro atoms. The molecule has 1 aromatic heterocycles. The number of carbonyl (C=O) groups excluding carboxylic acids is 1. The average molecular weight is 323 g/mol. The van der Waals surface area contributed by atoms with E-state index in [-0.39, 0.29) is 5.56 Å². The summed E-state index contributed by atoms with van der Waals surface area (Å²) in [5.74, 6) is -1.11. The molecule has 3 N–H and O–H groups in total. The molecule has 0 saturated heterocycles. The average Bonchev–Trinajstić information content (AvgIpc) is 2.99. The highest BCUT2D eigenvalue weighted by atomic mass is 32.2. The number of aliphatic imine (C=N–C) groups is 1. The Bertz CT molecular complexity index is 797. The van der Waals surface area contributed by atoms with Crippen molar-refractivity contribution in [1.82, 2.24) is 5.48 Å². The third-order valence-electron chi connectivity index (χ3n) is 2.48. The van der Waals surface area contributed by atoms with E-state index in [2.05, 4.69) is 9.28 Å². The van der Waals surface area contributed by atoms with Gasteiger partial charge in [-0.2, -0.15) is 13.4 Å². The minimum absolute atomic E-state index is 0.280. The van der Waals surface area contributed by atoms with E-state index in [0.29, 0.717) is 0 Å². The summed E-state index contributed by atoms with van der Waals surface area (Å²) in [7, 11) is -3.75. The van der Waals surface area contributed by atoms with E-state index < -0.39 is 22.0 Å². The zero-order valence-electron chi connectivity index (χ0n) is 11.5. The highest BCUT2D eigenvalue weighted by Crippen LogP contribution is 2.21. The van der Waals surface area contributed by atoms with Gasteiger partial charge in [-0.25, -0.2) is 5.48 Å². The molecule has 0 aliphatic carbocycles. The predicted molar refractivity (Wildman–Crippen MR) is 79.2 cm³/mol. The fourth-order valence-electron chi connectivity index (χ4n) is 1.58. The molecule has 0 fully saturated rings. The molecule has 2 rings (SSSR count). The van der Waals surface area contributed by atoms with Crippen molar-refractivity contribution in [3.63, 3.8) is 0 Å². The van der Waals surface area contributed by atoms with Gasteiger partial charge < -0.3 is 10.2 Å². The summed E-state index contributed by atoms with van der Waals surface area (Å²) in [5.41, 5.74) is 9.10. The maximum absolute atomic E-state index is 12.0. The molecule has 1 aromatic carbocycles. The molecule has 116 valence electrons. The summed E-state index contributed by atoms with van der Waals surface area (Å²) in [6.45, 7) is 0. The van der Waals surface area contributed by atoms with Crippen LogP contribution in [0.3, 0.4) is 0 Å². The van der Waals surface area contributed by atoms with Crippen LogP contribution in [-0.4, -0.2) is 26.5 Å². The topological polar surface area (TPSA) is 124 Å². The molecule has 1 heterocycles. The first-order valence-corrected chi connectivity index (χ1v) is 7.82. The van der Waals surface area contributed by atoms with E-state index in [1.165, 1.54) is 6.26 Å². The Morgan fingerprint density at radius 2 is 2.09 bits per heavy atom. The molecule has 0 aliphatic rings. The molecule has 1 amide bonds. The molecule has 2 aromatic rings. The molecule has 8 nitrogen and oxygen atoms in total. The number of hydrogen-bond donors (Lipinski definition) is 2. The van der Waals surface area contributed by atoms with Crippen LogP contribution in [0.25, 0.3) is 11.1 Å². The first-order chi connectivity index (χ1) is 10.3. The number of nitrogens with two attached hydrogens (primary N) is 1. The Morgan fingerprint density at radius 1 is 1.32 bits per heavy atom. The lowest BCUT2D eigenvalue weighted by molar-refractivity contribution is 0.100. The summed E-state index contributed by atoms with van der Waals surface area (Å²) < 4.78 is 30.8. The smallest absolute Gasteiger partial charge is 0.285 e. The number of benzene rings is 1. The third-order valence-corrected chi connectivity index (χ3v) is 2.87. The monoisotopic (exact) mass is 323 g/mol. The molecule has 0 atom stereocenters. The summed E-state index contributed by atoms with van der Waals surface area (Å²) in [6, 6.07) is 8.41. The second-order valence-electron chi connectivity index (χ2n) is 4.28. The van der Waals surface area contributed by atoms with Crippen LogP contribution in [0.5, 0.6) is 0 Å². The summed E-state index contributed by atoms with van der Waals surface area (Å²) >= 11 is 0. The van der Waals surface area contributed by atoms with Crippen molar-refractivity contribution >= 4 is 22.0 Å². The summed E-state index contributed by atoms with van der Waals surface area (Å²) in [6.07, 6.45) is 3.89. The van der Waals surface area contributed by atoms with Gasteiger partial charge in [-0.3, -0.25) is 4.79 Å². The Balaban J connectivity index is 2.14. The number of hydrogen-bond acceptors (Lipinski definition) is 5. The maximum Gasteiger partial charge on any atom is 0.285 e. The molecular formula is C13H13N3O5S. The van der Waals surface area contributed by atoms with E-state index in [4.69, 9.17) is 10.2 Å². The zero-order chi connectivity index (χ0) is 16.2. The van der Waals surface area contributed by atoms with Crippen LogP contribution >= 0.6 is 0 Å². The predicted octanol–water partition coefficient (Wildman–Crippen LogP) is 0.882. The van der Waals surface area contributed by atoms with Gasteiger partial charge >= 0.3 is 0 Å². The van der Waals surface area contributed by atoms with Crippen molar-refractivity contribution in [2.24, 2.45) is 10.7 Å². The fourth-order valence-corrected chi connectivity index (χ4v) is 1.81. The number of guanidine groups is 1. The Hall–Kier alpha value is -2.65. The van der Waals surface area contributed by atoms with Crippen LogP contribution in [0.2, 0.25) is 0 Å². The summed E-state index contributed by atoms with van der Waals surface area (Å²) in [4.78, 5) is 15.5. The van der Waals surface area contributed by atoms with Gasteiger partial charge in [0.05, 0.1) is 18.8 Å². The number of amides is 1.